The Morgan fingerprint density at radius 1 is 1.14 bits per heavy atom. The van der Waals surface area contributed by atoms with E-state index in [4.69, 9.17) is 9.47 Å². The second-order valence-corrected chi connectivity index (χ2v) is 4.77. The summed E-state index contributed by atoms with van der Waals surface area (Å²) >= 11 is 0. The van der Waals surface area contributed by atoms with Gasteiger partial charge in [-0.25, -0.2) is 0 Å². The van der Waals surface area contributed by atoms with Crippen LogP contribution in [0.4, 0.5) is 0 Å². The average Bonchev–Trinajstić information content (AvgIpc) is 2.02. The molecule has 0 aromatic rings. The molecule has 0 aliphatic heterocycles. The van der Waals surface area contributed by atoms with Crippen LogP contribution in [0.1, 0.15) is 54.4 Å². The molecule has 0 fully saturated rings. The first-order valence-electron chi connectivity index (χ1n) is 5.67. The third-order valence-corrected chi connectivity index (χ3v) is 2.25. The number of hydrogen-bond donors (Lipinski definition) is 0. The lowest BCUT2D eigenvalue weighted by atomic mass is 10.1. The Balaban J connectivity index is 3.71. The molecule has 0 rings (SSSR count). The fourth-order valence-corrected chi connectivity index (χ4v) is 1.23. The van der Waals surface area contributed by atoms with E-state index in [2.05, 4.69) is 41.5 Å². The van der Waals surface area contributed by atoms with Crippen molar-refractivity contribution in [2.45, 2.75) is 72.2 Å². The monoisotopic (exact) mass is 202 g/mol. The molecule has 0 spiro atoms. The van der Waals surface area contributed by atoms with Crippen molar-refractivity contribution in [3.05, 3.63) is 0 Å². The molecule has 0 aliphatic carbocycles. The summed E-state index contributed by atoms with van der Waals surface area (Å²) in [7, 11) is 0. The summed E-state index contributed by atoms with van der Waals surface area (Å²) < 4.78 is 11.4. The molecule has 0 heterocycles. The molecule has 0 saturated carbocycles. The van der Waals surface area contributed by atoms with Crippen LogP contribution in [0.5, 0.6) is 0 Å². The lowest BCUT2D eigenvalue weighted by molar-refractivity contribution is -0.0838. The molecule has 0 aliphatic rings. The summed E-state index contributed by atoms with van der Waals surface area (Å²) in [5.74, 6) is 0. The number of rotatable bonds is 7. The predicted octanol–water partition coefficient (Wildman–Crippen LogP) is 3.40. The first-order chi connectivity index (χ1) is 6.37. The van der Waals surface area contributed by atoms with Crippen molar-refractivity contribution >= 4 is 0 Å². The minimum Gasteiger partial charge on any atom is -0.379 e. The van der Waals surface area contributed by atoms with E-state index in [1.54, 1.807) is 0 Å². The van der Waals surface area contributed by atoms with Gasteiger partial charge in [0.2, 0.25) is 0 Å². The highest BCUT2D eigenvalue weighted by Crippen LogP contribution is 2.18. The van der Waals surface area contributed by atoms with Gasteiger partial charge in [-0.05, 0) is 47.5 Å². The molecule has 0 radical (unpaired) electrons. The van der Waals surface area contributed by atoms with Crippen molar-refractivity contribution in [1.29, 1.82) is 0 Å². The van der Waals surface area contributed by atoms with Crippen LogP contribution in [0.2, 0.25) is 0 Å². The smallest absolute Gasteiger partial charge is 0.0652 e. The molecular weight excluding hydrogens is 176 g/mol. The normalized spacial score (nSPS) is 14.8. The highest BCUT2D eigenvalue weighted by atomic mass is 16.5. The zero-order valence-corrected chi connectivity index (χ0v) is 10.6. The van der Waals surface area contributed by atoms with E-state index >= 15 is 0 Å². The van der Waals surface area contributed by atoms with Gasteiger partial charge in [-0.2, -0.15) is 0 Å². The third kappa shape index (κ3) is 7.34. The van der Waals surface area contributed by atoms with Crippen molar-refractivity contribution in [3.63, 3.8) is 0 Å². The highest BCUT2D eigenvalue weighted by molar-refractivity contribution is 4.70. The molecule has 0 N–H and O–H groups in total. The molecule has 14 heavy (non-hydrogen) atoms. The zero-order valence-electron chi connectivity index (χ0n) is 10.6. The van der Waals surface area contributed by atoms with Gasteiger partial charge in [-0.1, -0.05) is 6.92 Å². The van der Waals surface area contributed by atoms with Gasteiger partial charge < -0.3 is 9.47 Å². The van der Waals surface area contributed by atoms with Crippen LogP contribution in [0.25, 0.3) is 0 Å². The molecule has 2 heteroatoms. The van der Waals surface area contributed by atoms with Gasteiger partial charge in [0.05, 0.1) is 17.8 Å². The Kier molecular flexibility index (Phi) is 6.38. The van der Waals surface area contributed by atoms with E-state index in [1.165, 1.54) is 0 Å². The van der Waals surface area contributed by atoms with E-state index < -0.39 is 0 Å². The molecule has 0 aromatic carbocycles. The van der Waals surface area contributed by atoms with Crippen LogP contribution < -0.4 is 0 Å². The van der Waals surface area contributed by atoms with Crippen LogP contribution in [0.15, 0.2) is 0 Å². The Morgan fingerprint density at radius 3 is 2.14 bits per heavy atom. The summed E-state index contributed by atoms with van der Waals surface area (Å²) in [6, 6.07) is 0. The molecular formula is C12H26O2. The van der Waals surface area contributed by atoms with Crippen molar-refractivity contribution in [2.75, 3.05) is 6.61 Å². The van der Waals surface area contributed by atoms with Crippen LogP contribution in [-0.2, 0) is 9.47 Å². The maximum absolute atomic E-state index is 5.89. The van der Waals surface area contributed by atoms with Gasteiger partial charge in [0, 0.05) is 6.61 Å². The van der Waals surface area contributed by atoms with Crippen molar-refractivity contribution in [1.82, 2.24) is 0 Å². The molecule has 0 amide bonds. The van der Waals surface area contributed by atoms with Crippen molar-refractivity contribution in [2.24, 2.45) is 0 Å². The molecule has 86 valence electrons. The SMILES string of the molecule is CCC(C)OC(C)(C)CCOC(C)C. The zero-order chi connectivity index (χ0) is 11.2. The van der Waals surface area contributed by atoms with Gasteiger partial charge in [0.15, 0.2) is 0 Å². The number of ether oxygens (including phenoxy) is 2. The van der Waals surface area contributed by atoms with E-state index in [1.807, 2.05) is 0 Å². The molecule has 1 atom stereocenters. The Hall–Kier alpha value is -0.0800. The Bertz CT molecular complexity index is 141. The third-order valence-electron chi connectivity index (χ3n) is 2.25. The van der Waals surface area contributed by atoms with Crippen LogP contribution >= 0.6 is 0 Å². The van der Waals surface area contributed by atoms with E-state index in [0.717, 1.165) is 19.4 Å². The first kappa shape index (κ1) is 13.9. The maximum Gasteiger partial charge on any atom is 0.0652 e. The summed E-state index contributed by atoms with van der Waals surface area (Å²) in [5.41, 5.74) is -0.0652. The minimum absolute atomic E-state index is 0.0652. The summed E-state index contributed by atoms with van der Waals surface area (Å²) in [6.07, 6.45) is 2.67. The van der Waals surface area contributed by atoms with Crippen molar-refractivity contribution < 1.29 is 9.47 Å². The second-order valence-electron chi connectivity index (χ2n) is 4.77. The lowest BCUT2D eigenvalue weighted by Gasteiger charge is -2.29. The van der Waals surface area contributed by atoms with Gasteiger partial charge in [0.25, 0.3) is 0 Å². The fourth-order valence-electron chi connectivity index (χ4n) is 1.23. The highest BCUT2D eigenvalue weighted by Gasteiger charge is 2.20. The standard InChI is InChI=1S/C12H26O2/c1-7-11(4)14-12(5,6)8-9-13-10(2)3/h10-11H,7-9H2,1-6H3. The average molecular weight is 202 g/mol. The molecule has 2 nitrogen and oxygen atoms in total. The second kappa shape index (κ2) is 6.41. The topological polar surface area (TPSA) is 18.5 Å². The van der Waals surface area contributed by atoms with Gasteiger partial charge in [-0.15, -0.1) is 0 Å². The van der Waals surface area contributed by atoms with Gasteiger partial charge in [0.1, 0.15) is 0 Å². The first-order valence-corrected chi connectivity index (χ1v) is 5.67. The molecule has 0 saturated heterocycles. The molecule has 0 bridgehead atoms. The predicted molar refractivity (Wildman–Crippen MR) is 60.6 cm³/mol. The molecule has 1 unspecified atom stereocenters. The van der Waals surface area contributed by atoms with E-state index in [9.17, 15) is 0 Å². The van der Waals surface area contributed by atoms with Gasteiger partial charge >= 0.3 is 0 Å². The largest absolute Gasteiger partial charge is 0.379 e. The Labute approximate surface area is 89.0 Å². The van der Waals surface area contributed by atoms with Crippen LogP contribution in [0.3, 0.4) is 0 Å². The maximum atomic E-state index is 5.89. The lowest BCUT2D eigenvalue weighted by Crippen LogP contribution is -2.30. The van der Waals surface area contributed by atoms with Crippen molar-refractivity contribution in [3.8, 4) is 0 Å². The Morgan fingerprint density at radius 2 is 1.71 bits per heavy atom. The fraction of sp³-hybridized carbons (Fsp3) is 1.00. The summed E-state index contributed by atoms with van der Waals surface area (Å²) in [6.45, 7) is 13.4. The summed E-state index contributed by atoms with van der Waals surface area (Å²) in [4.78, 5) is 0. The van der Waals surface area contributed by atoms with Crippen LogP contribution in [-0.4, -0.2) is 24.4 Å². The van der Waals surface area contributed by atoms with Gasteiger partial charge in [-0.3, -0.25) is 0 Å². The quantitative estimate of drug-likeness (QED) is 0.630. The van der Waals surface area contributed by atoms with E-state index in [0.29, 0.717) is 12.2 Å². The molecule has 0 aromatic heterocycles. The van der Waals surface area contributed by atoms with Crippen LogP contribution in [0, 0.1) is 0 Å². The summed E-state index contributed by atoms with van der Waals surface area (Å²) in [5, 5.41) is 0. The van der Waals surface area contributed by atoms with E-state index in [-0.39, 0.29) is 5.60 Å². The minimum atomic E-state index is -0.0652. The number of hydrogen-bond acceptors (Lipinski definition) is 2.